The SMILES string of the molecule is COc1ccc(-c2cnnc(N[C@H]3CCCCNC3=O)n2)cc1. The first-order valence-corrected chi connectivity index (χ1v) is 7.64. The summed E-state index contributed by atoms with van der Waals surface area (Å²) in [5, 5.41) is 13.9. The Morgan fingerprint density at radius 3 is 2.87 bits per heavy atom. The van der Waals surface area contributed by atoms with Crippen LogP contribution < -0.4 is 15.4 Å². The van der Waals surface area contributed by atoms with Gasteiger partial charge in [0.25, 0.3) is 0 Å². The number of methoxy groups -OCH3 is 1. The lowest BCUT2D eigenvalue weighted by Gasteiger charge is -2.14. The molecule has 0 unspecified atom stereocenters. The van der Waals surface area contributed by atoms with Gasteiger partial charge < -0.3 is 15.4 Å². The minimum absolute atomic E-state index is 0.0130. The number of carbonyl (C=O) groups is 1. The lowest BCUT2D eigenvalue weighted by molar-refractivity contribution is -0.121. The van der Waals surface area contributed by atoms with Crippen molar-refractivity contribution in [3.8, 4) is 17.0 Å². The molecule has 23 heavy (non-hydrogen) atoms. The molecule has 1 amide bonds. The molecule has 1 aromatic carbocycles. The van der Waals surface area contributed by atoms with E-state index in [9.17, 15) is 4.79 Å². The van der Waals surface area contributed by atoms with Gasteiger partial charge in [0.2, 0.25) is 11.9 Å². The molecule has 1 aromatic heterocycles. The second kappa shape index (κ2) is 7.04. The first-order valence-electron chi connectivity index (χ1n) is 7.64. The van der Waals surface area contributed by atoms with E-state index in [0.29, 0.717) is 11.6 Å². The first kappa shape index (κ1) is 15.2. The fourth-order valence-electron chi connectivity index (χ4n) is 2.50. The van der Waals surface area contributed by atoms with Crippen molar-refractivity contribution in [2.45, 2.75) is 25.3 Å². The average molecular weight is 313 g/mol. The lowest BCUT2D eigenvalue weighted by atomic mass is 10.1. The van der Waals surface area contributed by atoms with Crippen molar-refractivity contribution in [1.29, 1.82) is 0 Å². The maximum absolute atomic E-state index is 12.0. The topological polar surface area (TPSA) is 89.0 Å². The Hall–Kier alpha value is -2.70. The molecule has 2 aromatic rings. The zero-order valence-corrected chi connectivity index (χ0v) is 13.0. The van der Waals surface area contributed by atoms with Crippen molar-refractivity contribution in [1.82, 2.24) is 20.5 Å². The van der Waals surface area contributed by atoms with E-state index >= 15 is 0 Å². The van der Waals surface area contributed by atoms with Crippen LogP contribution in [0.3, 0.4) is 0 Å². The van der Waals surface area contributed by atoms with Crippen LogP contribution in [0.5, 0.6) is 5.75 Å². The molecule has 1 aliphatic rings. The average Bonchev–Trinajstić information content (AvgIpc) is 2.80. The van der Waals surface area contributed by atoms with Gasteiger partial charge in [-0.3, -0.25) is 4.79 Å². The zero-order valence-electron chi connectivity index (χ0n) is 13.0. The van der Waals surface area contributed by atoms with E-state index < -0.39 is 0 Å². The first-order chi connectivity index (χ1) is 11.3. The number of anilines is 1. The predicted molar refractivity (Wildman–Crippen MR) is 86.1 cm³/mol. The van der Waals surface area contributed by atoms with Crippen LogP contribution in [0.15, 0.2) is 30.5 Å². The molecular weight excluding hydrogens is 294 g/mol. The van der Waals surface area contributed by atoms with E-state index in [2.05, 4.69) is 25.8 Å². The van der Waals surface area contributed by atoms with Gasteiger partial charge in [0, 0.05) is 12.1 Å². The van der Waals surface area contributed by atoms with Gasteiger partial charge in [0.15, 0.2) is 0 Å². The normalized spacial score (nSPS) is 18.0. The molecule has 0 radical (unpaired) electrons. The molecule has 120 valence electrons. The molecule has 1 fully saturated rings. The minimum atomic E-state index is -0.314. The van der Waals surface area contributed by atoms with Gasteiger partial charge in [-0.15, -0.1) is 5.10 Å². The summed E-state index contributed by atoms with van der Waals surface area (Å²) in [5.41, 5.74) is 1.60. The minimum Gasteiger partial charge on any atom is -0.497 e. The number of benzene rings is 1. The Morgan fingerprint density at radius 2 is 2.09 bits per heavy atom. The standard InChI is InChI=1S/C16H19N5O2/c1-23-12-7-5-11(6-8-12)14-10-18-21-16(20-14)19-13-4-2-3-9-17-15(13)22/h5-8,10,13H,2-4,9H2,1H3,(H,17,22)(H,19,20,21)/t13-/m0/s1. The van der Waals surface area contributed by atoms with Crippen LogP contribution in [0.2, 0.25) is 0 Å². The summed E-state index contributed by atoms with van der Waals surface area (Å²) in [6, 6.07) is 7.23. The Bertz CT molecular complexity index is 674. The summed E-state index contributed by atoms with van der Waals surface area (Å²) in [6.07, 6.45) is 4.35. The van der Waals surface area contributed by atoms with Gasteiger partial charge in [-0.1, -0.05) is 0 Å². The molecule has 0 spiro atoms. The number of rotatable bonds is 4. The van der Waals surface area contributed by atoms with E-state index in [1.165, 1.54) is 0 Å². The van der Waals surface area contributed by atoms with Crippen LogP contribution in [0.4, 0.5) is 5.95 Å². The van der Waals surface area contributed by atoms with Gasteiger partial charge in [-0.25, -0.2) is 4.98 Å². The van der Waals surface area contributed by atoms with E-state index in [1.807, 2.05) is 24.3 Å². The van der Waals surface area contributed by atoms with E-state index in [0.717, 1.165) is 37.1 Å². The molecule has 0 bridgehead atoms. The van der Waals surface area contributed by atoms with Gasteiger partial charge in [0.1, 0.15) is 11.8 Å². The molecule has 1 atom stereocenters. The molecule has 2 heterocycles. The molecular formula is C16H19N5O2. The summed E-state index contributed by atoms with van der Waals surface area (Å²) >= 11 is 0. The van der Waals surface area contributed by atoms with Crippen LogP contribution in [0, 0.1) is 0 Å². The van der Waals surface area contributed by atoms with Gasteiger partial charge in [0.05, 0.1) is 19.0 Å². The number of ether oxygens (including phenoxy) is 1. The highest BCUT2D eigenvalue weighted by atomic mass is 16.5. The highest BCUT2D eigenvalue weighted by molar-refractivity contribution is 5.84. The third kappa shape index (κ3) is 3.74. The van der Waals surface area contributed by atoms with Crippen LogP contribution in [-0.2, 0) is 4.79 Å². The van der Waals surface area contributed by atoms with Crippen molar-refractivity contribution in [2.75, 3.05) is 19.0 Å². The van der Waals surface area contributed by atoms with E-state index in [4.69, 9.17) is 4.74 Å². The summed E-state index contributed by atoms with van der Waals surface area (Å²) < 4.78 is 5.15. The zero-order chi connectivity index (χ0) is 16.1. The van der Waals surface area contributed by atoms with Crippen molar-refractivity contribution in [3.63, 3.8) is 0 Å². The molecule has 7 heteroatoms. The van der Waals surface area contributed by atoms with E-state index in [-0.39, 0.29) is 11.9 Å². The molecule has 7 nitrogen and oxygen atoms in total. The van der Waals surface area contributed by atoms with Gasteiger partial charge in [-0.2, -0.15) is 5.10 Å². The molecule has 1 saturated heterocycles. The summed E-state index contributed by atoms with van der Waals surface area (Å²) in [5.74, 6) is 1.13. The van der Waals surface area contributed by atoms with Crippen molar-refractivity contribution < 1.29 is 9.53 Å². The van der Waals surface area contributed by atoms with Crippen LogP contribution in [0.1, 0.15) is 19.3 Å². The van der Waals surface area contributed by atoms with Gasteiger partial charge in [-0.05, 0) is 43.5 Å². The lowest BCUT2D eigenvalue weighted by Crippen LogP contribution is -2.38. The molecule has 0 saturated carbocycles. The predicted octanol–water partition coefficient (Wildman–Crippen LogP) is 1.63. The maximum atomic E-state index is 12.0. The Balaban J connectivity index is 1.77. The molecule has 0 aliphatic carbocycles. The number of hydrogen-bond donors (Lipinski definition) is 2. The fraction of sp³-hybridized carbons (Fsp3) is 0.375. The molecule has 1 aliphatic heterocycles. The largest absolute Gasteiger partial charge is 0.497 e. The van der Waals surface area contributed by atoms with Crippen LogP contribution in [0.25, 0.3) is 11.3 Å². The van der Waals surface area contributed by atoms with Crippen molar-refractivity contribution in [2.24, 2.45) is 0 Å². The van der Waals surface area contributed by atoms with Crippen LogP contribution >= 0.6 is 0 Å². The Morgan fingerprint density at radius 1 is 1.26 bits per heavy atom. The Labute approximate surface area is 134 Å². The van der Waals surface area contributed by atoms with Crippen LogP contribution in [-0.4, -0.2) is 40.8 Å². The molecule has 2 N–H and O–H groups in total. The number of hydrogen-bond acceptors (Lipinski definition) is 6. The summed E-state index contributed by atoms with van der Waals surface area (Å²) in [6.45, 7) is 0.724. The van der Waals surface area contributed by atoms with E-state index in [1.54, 1.807) is 13.3 Å². The quantitative estimate of drug-likeness (QED) is 0.892. The fourth-order valence-corrected chi connectivity index (χ4v) is 2.50. The number of amides is 1. The number of nitrogens with one attached hydrogen (secondary N) is 2. The summed E-state index contributed by atoms with van der Waals surface area (Å²) in [4.78, 5) is 16.4. The second-order valence-electron chi connectivity index (χ2n) is 5.38. The second-order valence-corrected chi connectivity index (χ2v) is 5.38. The number of nitrogens with zero attached hydrogens (tertiary/aromatic N) is 3. The van der Waals surface area contributed by atoms with Crippen molar-refractivity contribution in [3.05, 3.63) is 30.5 Å². The van der Waals surface area contributed by atoms with Crippen molar-refractivity contribution >= 4 is 11.9 Å². The highest BCUT2D eigenvalue weighted by Gasteiger charge is 2.21. The number of carbonyl (C=O) groups excluding carboxylic acids is 1. The third-order valence-electron chi connectivity index (χ3n) is 3.78. The third-order valence-corrected chi connectivity index (χ3v) is 3.78. The Kier molecular flexibility index (Phi) is 4.65. The highest BCUT2D eigenvalue weighted by Crippen LogP contribution is 2.20. The monoisotopic (exact) mass is 313 g/mol. The summed E-state index contributed by atoms with van der Waals surface area (Å²) in [7, 11) is 1.63. The maximum Gasteiger partial charge on any atom is 0.243 e. The van der Waals surface area contributed by atoms with Gasteiger partial charge >= 0.3 is 0 Å². The number of aromatic nitrogens is 3. The molecule has 3 rings (SSSR count). The smallest absolute Gasteiger partial charge is 0.243 e.